The van der Waals surface area contributed by atoms with Gasteiger partial charge in [0.15, 0.2) is 5.69 Å². The van der Waals surface area contributed by atoms with Crippen LogP contribution in [0.5, 0.6) is 0 Å². The predicted molar refractivity (Wildman–Crippen MR) is 63.5 cm³/mol. The Morgan fingerprint density at radius 3 is 2.68 bits per heavy atom. The summed E-state index contributed by atoms with van der Waals surface area (Å²) in [4.78, 5) is 25.5. The molecule has 0 bridgehead atoms. The van der Waals surface area contributed by atoms with Crippen LogP contribution in [0.25, 0.3) is 10.4 Å². The van der Waals surface area contributed by atoms with Gasteiger partial charge in [-0.05, 0) is 12.0 Å². The van der Waals surface area contributed by atoms with Crippen molar-refractivity contribution in [1.29, 1.82) is 0 Å². The number of hydrogen-bond donors (Lipinski definition) is 0. The molecule has 9 heteroatoms. The van der Waals surface area contributed by atoms with Gasteiger partial charge in [-0.3, -0.25) is 4.68 Å². The van der Waals surface area contributed by atoms with Gasteiger partial charge in [-0.2, -0.15) is 5.10 Å². The van der Waals surface area contributed by atoms with Crippen molar-refractivity contribution >= 4 is 11.9 Å². The van der Waals surface area contributed by atoms with Crippen LogP contribution in [0.2, 0.25) is 0 Å². The van der Waals surface area contributed by atoms with Crippen molar-refractivity contribution in [3.8, 4) is 0 Å². The third-order valence-electron chi connectivity index (χ3n) is 2.26. The number of ether oxygens (including phenoxy) is 2. The van der Waals surface area contributed by atoms with Crippen molar-refractivity contribution in [2.24, 2.45) is 5.11 Å². The number of hydrogen-bond acceptors (Lipinski definition) is 6. The molecular weight excluding hydrogens is 254 g/mol. The fourth-order valence-electron chi connectivity index (χ4n) is 1.40. The molecule has 0 aliphatic carbocycles. The molecule has 1 heterocycles. The van der Waals surface area contributed by atoms with E-state index in [-0.39, 0.29) is 17.9 Å². The summed E-state index contributed by atoms with van der Waals surface area (Å²) in [5, 5.41) is 7.33. The van der Waals surface area contributed by atoms with E-state index in [0.717, 1.165) is 0 Å². The number of aryl methyl sites for hydroxylation is 1. The van der Waals surface area contributed by atoms with Crippen LogP contribution in [-0.4, -0.2) is 42.5 Å². The summed E-state index contributed by atoms with van der Waals surface area (Å²) in [7, 11) is 2.46. The Labute approximate surface area is 108 Å². The zero-order valence-corrected chi connectivity index (χ0v) is 10.6. The maximum absolute atomic E-state index is 11.5. The molecule has 0 fully saturated rings. The Kier molecular flexibility index (Phi) is 5.36. The minimum atomic E-state index is -0.640. The average molecular weight is 267 g/mol. The molecule has 0 spiro atoms. The van der Waals surface area contributed by atoms with Gasteiger partial charge in [0.25, 0.3) is 0 Å². The molecule has 0 saturated heterocycles. The zero-order valence-electron chi connectivity index (χ0n) is 10.6. The first-order valence-corrected chi connectivity index (χ1v) is 5.39. The Balaban J connectivity index is 2.92. The largest absolute Gasteiger partial charge is 0.464 e. The monoisotopic (exact) mass is 267 g/mol. The summed E-state index contributed by atoms with van der Waals surface area (Å²) in [6, 6.07) is 1.30. The van der Waals surface area contributed by atoms with E-state index in [1.165, 1.54) is 25.0 Å². The molecule has 0 saturated carbocycles. The third kappa shape index (κ3) is 3.71. The molecule has 1 rings (SSSR count). The Morgan fingerprint density at radius 2 is 2.11 bits per heavy atom. The van der Waals surface area contributed by atoms with Crippen LogP contribution >= 0.6 is 0 Å². The van der Waals surface area contributed by atoms with Crippen molar-refractivity contribution < 1.29 is 19.1 Å². The second kappa shape index (κ2) is 7.02. The molecule has 0 unspecified atom stereocenters. The highest BCUT2D eigenvalue weighted by molar-refractivity contribution is 5.93. The fourth-order valence-corrected chi connectivity index (χ4v) is 1.40. The standard InChI is InChI=1S/C10H13N5O4/c1-18-9(16)7-6-8(10(17)19-2)15(13-7)5-3-4-12-14-11/h6H,3-5H2,1-2H3. The molecule has 0 amide bonds. The number of rotatable bonds is 6. The van der Waals surface area contributed by atoms with Crippen LogP contribution < -0.4 is 0 Å². The lowest BCUT2D eigenvalue weighted by atomic mass is 10.3. The number of methoxy groups -OCH3 is 2. The highest BCUT2D eigenvalue weighted by Crippen LogP contribution is 2.08. The molecule has 1 aromatic rings. The van der Waals surface area contributed by atoms with Gasteiger partial charge in [0, 0.05) is 24.1 Å². The quantitative estimate of drug-likeness (QED) is 0.252. The highest BCUT2D eigenvalue weighted by Gasteiger charge is 2.19. The van der Waals surface area contributed by atoms with E-state index >= 15 is 0 Å². The van der Waals surface area contributed by atoms with Gasteiger partial charge in [0.05, 0.1) is 14.2 Å². The number of nitrogens with zero attached hydrogens (tertiary/aromatic N) is 5. The van der Waals surface area contributed by atoms with Crippen LogP contribution in [0, 0.1) is 0 Å². The van der Waals surface area contributed by atoms with Gasteiger partial charge in [0.2, 0.25) is 0 Å². The molecule has 102 valence electrons. The molecule has 19 heavy (non-hydrogen) atoms. The lowest BCUT2D eigenvalue weighted by Gasteiger charge is -2.03. The van der Waals surface area contributed by atoms with Crippen molar-refractivity contribution in [3.05, 3.63) is 27.9 Å². The second-order valence-corrected chi connectivity index (χ2v) is 3.43. The van der Waals surface area contributed by atoms with Crippen molar-refractivity contribution in [2.75, 3.05) is 20.8 Å². The molecule has 0 aliphatic heterocycles. The average Bonchev–Trinajstić information content (AvgIpc) is 2.86. The van der Waals surface area contributed by atoms with Crippen LogP contribution in [0.1, 0.15) is 27.4 Å². The fraction of sp³-hybridized carbons (Fsp3) is 0.500. The summed E-state index contributed by atoms with van der Waals surface area (Å²) >= 11 is 0. The minimum Gasteiger partial charge on any atom is -0.464 e. The highest BCUT2D eigenvalue weighted by atomic mass is 16.5. The summed E-state index contributed by atoms with van der Waals surface area (Å²) < 4.78 is 10.4. The van der Waals surface area contributed by atoms with Crippen molar-refractivity contribution in [2.45, 2.75) is 13.0 Å². The smallest absolute Gasteiger partial charge is 0.358 e. The first-order chi connectivity index (χ1) is 9.13. The molecule has 0 aliphatic rings. The topological polar surface area (TPSA) is 119 Å². The first kappa shape index (κ1) is 14.5. The zero-order chi connectivity index (χ0) is 14.3. The summed E-state index contributed by atoms with van der Waals surface area (Å²) in [5.74, 6) is -1.25. The van der Waals surface area contributed by atoms with Gasteiger partial charge >= 0.3 is 11.9 Å². The summed E-state index contributed by atoms with van der Waals surface area (Å²) in [6.45, 7) is 0.588. The predicted octanol–water partition coefficient (Wildman–Crippen LogP) is 1.16. The SMILES string of the molecule is COC(=O)c1cc(C(=O)OC)n(CCCN=[N+]=[N-])n1. The van der Waals surface area contributed by atoms with E-state index in [1.54, 1.807) is 0 Å². The van der Waals surface area contributed by atoms with Gasteiger partial charge in [-0.25, -0.2) is 9.59 Å². The van der Waals surface area contributed by atoms with Crippen LogP contribution in [0.3, 0.4) is 0 Å². The number of esters is 2. The molecule has 9 nitrogen and oxygen atoms in total. The maximum atomic E-state index is 11.5. The van der Waals surface area contributed by atoms with E-state index in [0.29, 0.717) is 13.0 Å². The van der Waals surface area contributed by atoms with E-state index < -0.39 is 11.9 Å². The van der Waals surface area contributed by atoms with E-state index in [1.807, 2.05) is 0 Å². The lowest BCUT2D eigenvalue weighted by molar-refractivity contribution is 0.0580. The van der Waals surface area contributed by atoms with Gasteiger partial charge in [0.1, 0.15) is 5.69 Å². The van der Waals surface area contributed by atoms with Gasteiger partial charge in [-0.1, -0.05) is 5.11 Å². The Morgan fingerprint density at radius 1 is 1.42 bits per heavy atom. The number of aromatic nitrogens is 2. The van der Waals surface area contributed by atoms with Crippen LogP contribution in [0.15, 0.2) is 11.2 Å². The summed E-state index contributed by atoms with van der Waals surface area (Å²) in [6.07, 6.45) is 0.482. The molecular formula is C10H13N5O4. The maximum Gasteiger partial charge on any atom is 0.358 e. The van der Waals surface area contributed by atoms with Crippen molar-refractivity contribution in [3.63, 3.8) is 0 Å². The Hall–Kier alpha value is -2.54. The summed E-state index contributed by atoms with van der Waals surface area (Å²) in [5.41, 5.74) is 8.32. The number of carbonyl (C=O) groups is 2. The van der Waals surface area contributed by atoms with Crippen molar-refractivity contribution in [1.82, 2.24) is 9.78 Å². The molecule has 1 aromatic heterocycles. The van der Waals surface area contributed by atoms with E-state index in [4.69, 9.17) is 5.53 Å². The third-order valence-corrected chi connectivity index (χ3v) is 2.26. The van der Waals surface area contributed by atoms with Crippen LogP contribution in [-0.2, 0) is 16.0 Å². The lowest BCUT2D eigenvalue weighted by Crippen LogP contribution is -2.12. The second-order valence-electron chi connectivity index (χ2n) is 3.43. The molecule has 0 radical (unpaired) electrons. The van der Waals surface area contributed by atoms with E-state index in [9.17, 15) is 9.59 Å². The number of carbonyl (C=O) groups excluding carboxylic acids is 2. The number of azide groups is 1. The Bertz CT molecular complexity index is 518. The molecule has 0 atom stereocenters. The normalized spacial score (nSPS) is 9.58. The minimum absolute atomic E-state index is 0.0201. The van der Waals surface area contributed by atoms with Crippen LogP contribution in [0.4, 0.5) is 0 Å². The first-order valence-electron chi connectivity index (χ1n) is 5.39. The van der Waals surface area contributed by atoms with E-state index in [2.05, 4.69) is 24.6 Å². The molecule has 0 aromatic carbocycles. The molecule has 0 N–H and O–H groups in total. The van der Waals surface area contributed by atoms with Gasteiger partial charge in [-0.15, -0.1) is 0 Å². The van der Waals surface area contributed by atoms with Gasteiger partial charge < -0.3 is 9.47 Å².